The van der Waals surface area contributed by atoms with E-state index in [4.69, 9.17) is 4.99 Å². The number of hydrogen-bond donors (Lipinski definition) is 0. The molecule has 0 radical (unpaired) electrons. The van der Waals surface area contributed by atoms with E-state index >= 15 is 0 Å². The van der Waals surface area contributed by atoms with Crippen molar-refractivity contribution in [1.29, 1.82) is 0 Å². The third-order valence-electron chi connectivity index (χ3n) is 5.27. The van der Waals surface area contributed by atoms with Crippen molar-refractivity contribution < 1.29 is 4.39 Å². The summed E-state index contributed by atoms with van der Waals surface area (Å²) in [6, 6.07) is 25.4. The van der Waals surface area contributed by atoms with Crippen LogP contribution < -0.4 is 4.80 Å². The van der Waals surface area contributed by atoms with Gasteiger partial charge in [-0.2, -0.15) is 0 Å². The average molecular weight is 426 g/mol. The molecule has 0 fully saturated rings. The van der Waals surface area contributed by atoms with E-state index in [-0.39, 0.29) is 5.82 Å². The molecule has 152 valence electrons. The first kappa shape index (κ1) is 19.4. The lowest BCUT2D eigenvalue weighted by Gasteiger charge is -2.12. The predicted octanol–water partition coefficient (Wildman–Crippen LogP) is 6.38. The van der Waals surface area contributed by atoms with Crippen LogP contribution in [0.2, 0.25) is 0 Å². The maximum Gasteiger partial charge on any atom is 0.190 e. The molecule has 3 aromatic carbocycles. The summed E-state index contributed by atoms with van der Waals surface area (Å²) >= 11 is 1.62. The van der Waals surface area contributed by atoms with E-state index in [1.807, 2.05) is 24.3 Å². The van der Waals surface area contributed by atoms with Crippen LogP contribution in [0.3, 0.4) is 0 Å². The molecule has 5 rings (SSSR count). The van der Waals surface area contributed by atoms with Crippen LogP contribution in [0.25, 0.3) is 22.0 Å². The first-order chi connectivity index (χ1) is 15.3. The van der Waals surface area contributed by atoms with Gasteiger partial charge >= 0.3 is 0 Å². The molecule has 0 aliphatic heterocycles. The summed E-state index contributed by atoms with van der Waals surface area (Å²) in [5.74, 6) is -0.212. The highest BCUT2D eigenvalue weighted by molar-refractivity contribution is 7.07. The molecule has 0 amide bonds. The largest absolute Gasteiger partial charge is 0.316 e. The van der Waals surface area contributed by atoms with Crippen molar-refractivity contribution in [3.63, 3.8) is 0 Å². The van der Waals surface area contributed by atoms with Gasteiger partial charge in [0.05, 0.1) is 17.6 Å². The van der Waals surface area contributed by atoms with Crippen LogP contribution in [-0.4, -0.2) is 9.55 Å². The predicted molar refractivity (Wildman–Crippen MR) is 125 cm³/mol. The van der Waals surface area contributed by atoms with Gasteiger partial charge < -0.3 is 4.57 Å². The Morgan fingerprint density at radius 1 is 0.903 bits per heavy atom. The van der Waals surface area contributed by atoms with E-state index in [2.05, 4.69) is 57.4 Å². The van der Waals surface area contributed by atoms with Crippen molar-refractivity contribution in [3.8, 4) is 11.3 Å². The monoisotopic (exact) mass is 425 g/mol. The molecule has 31 heavy (non-hydrogen) atoms. The molecule has 0 aliphatic rings. The first-order valence-corrected chi connectivity index (χ1v) is 11.0. The van der Waals surface area contributed by atoms with Crippen LogP contribution >= 0.6 is 11.3 Å². The van der Waals surface area contributed by atoms with Gasteiger partial charge in [0.2, 0.25) is 0 Å². The lowest BCUT2D eigenvalue weighted by molar-refractivity contribution is 0.625. The molecule has 5 heteroatoms. The second-order valence-electron chi connectivity index (χ2n) is 7.28. The Bertz CT molecular complexity index is 1380. The molecule has 0 spiro atoms. The fraction of sp³-hybridized carbons (Fsp3) is 0.0769. The molecule has 2 heterocycles. The number of pyridine rings is 1. The van der Waals surface area contributed by atoms with E-state index in [1.165, 1.54) is 28.5 Å². The number of halogens is 1. The normalized spacial score (nSPS) is 11.8. The molecule has 3 nitrogen and oxygen atoms in total. The van der Waals surface area contributed by atoms with Gasteiger partial charge in [-0.3, -0.25) is 4.98 Å². The minimum absolute atomic E-state index is 0.212. The Labute approximate surface area is 183 Å². The molecular weight excluding hydrogens is 405 g/mol. The van der Waals surface area contributed by atoms with Crippen molar-refractivity contribution in [2.75, 3.05) is 0 Å². The maximum atomic E-state index is 13.3. The van der Waals surface area contributed by atoms with Crippen molar-refractivity contribution in [2.45, 2.75) is 13.0 Å². The van der Waals surface area contributed by atoms with Crippen LogP contribution in [0.5, 0.6) is 0 Å². The highest BCUT2D eigenvalue weighted by Crippen LogP contribution is 2.29. The van der Waals surface area contributed by atoms with Crippen LogP contribution in [0.1, 0.15) is 5.56 Å². The molecular formula is C26H20FN3S. The van der Waals surface area contributed by atoms with E-state index in [1.54, 1.807) is 23.7 Å². The minimum atomic E-state index is -0.212. The maximum absolute atomic E-state index is 13.3. The number of aromatic nitrogens is 2. The summed E-state index contributed by atoms with van der Waals surface area (Å²) in [4.78, 5) is 9.95. The van der Waals surface area contributed by atoms with Crippen molar-refractivity contribution in [2.24, 2.45) is 4.99 Å². The van der Waals surface area contributed by atoms with Gasteiger partial charge in [-0.05, 0) is 47.0 Å². The highest BCUT2D eigenvalue weighted by atomic mass is 32.1. The van der Waals surface area contributed by atoms with E-state index in [0.717, 1.165) is 34.7 Å². The molecule has 2 aromatic heterocycles. The first-order valence-electron chi connectivity index (χ1n) is 10.1. The van der Waals surface area contributed by atoms with E-state index < -0.39 is 0 Å². The van der Waals surface area contributed by atoms with Crippen LogP contribution in [-0.2, 0) is 13.0 Å². The summed E-state index contributed by atoms with van der Waals surface area (Å²) in [6.45, 7) is 0.743. The van der Waals surface area contributed by atoms with Gasteiger partial charge in [-0.25, -0.2) is 9.38 Å². The number of fused-ring (bicyclic) bond motifs is 1. The lowest BCUT2D eigenvalue weighted by atomic mass is 10.0. The molecule has 0 saturated heterocycles. The van der Waals surface area contributed by atoms with Gasteiger partial charge in [0.25, 0.3) is 0 Å². The zero-order chi connectivity index (χ0) is 21.0. The fourth-order valence-corrected chi connectivity index (χ4v) is 4.67. The number of rotatable bonds is 5. The Morgan fingerprint density at radius 2 is 1.74 bits per heavy atom. The van der Waals surface area contributed by atoms with Crippen molar-refractivity contribution >= 4 is 27.8 Å². The fourth-order valence-electron chi connectivity index (χ4n) is 3.72. The van der Waals surface area contributed by atoms with Crippen LogP contribution in [0, 0.1) is 5.82 Å². The quantitative estimate of drug-likeness (QED) is 0.321. The van der Waals surface area contributed by atoms with Gasteiger partial charge in [0, 0.05) is 23.7 Å². The summed E-state index contributed by atoms with van der Waals surface area (Å²) in [6.07, 6.45) is 4.30. The second kappa shape index (κ2) is 8.66. The number of aryl methyl sites for hydroxylation is 1. The molecule has 0 saturated carbocycles. The third-order valence-corrected chi connectivity index (χ3v) is 6.13. The zero-order valence-electron chi connectivity index (χ0n) is 16.8. The molecule has 5 aromatic rings. The average Bonchev–Trinajstić information content (AvgIpc) is 3.21. The molecule has 0 unspecified atom stereocenters. The lowest BCUT2D eigenvalue weighted by Crippen LogP contribution is -2.17. The van der Waals surface area contributed by atoms with Gasteiger partial charge in [0.15, 0.2) is 4.80 Å². The summed E-state index contributed by atoms with van der Waals surface area (Å²) < 4.78 is 15.6. The topological polar surface area (TPSA) is 30.2 Å². The molecule has 0 aliphatic carbocycles. The number of benzene rings is 3. The Balaban J connectivity index is 1.62. The Hall–Kier alpha value is -3.57. The van der Waals surface area contributed by atoms with Gasteiger partial charge in [-0.1, -0.05) is 54.6 Å². The van der Waals surface area contributed by atoms with E-state index in [0.29, 0.717) is 0 Å². The summed E-state index contributed by atoms with van der Waals surface area (Å²) in [7, 11) is 0. The second-order valence-corrected chi connectivity index (χ2v) is 8.12. The van der Waals surface area contributed by atoms with Crippen LogP contribution in [0.15, 0.2) is 102 Å². The van der Waals surface area contributed by atoms with Crippen molar-refractivity contribution in [3.05, 3.63) is 113 Å². The highest BCUT2D eigenvalue weighted by Gasteiger charge is 2.11. The summed E-state index contributed by atoms with van der Waals surface area (Å²) in [5, 5.41) is 4.59. The van der Waals surface area contributed by atoms with Gasteiger partial charge in [-0.15, -0.1) is 11.3 Å². The molecule has 0 atom stereocenters. The standard InChI is InChI=1S/C26H20FN3S/c27-21-12-10-19(11-13-21)14-16-30-25(18-31-26(30)29-22-7-4-15-28-17-22)24-9-3-6-20-5-1-2-8-23(20)24/h1-13,15,17-18H,14,16H2. The van der Waals surface area contributed by atoms with Crippen LogP contribution in [0.4, 0.5) is 10.1 Å². The Morgan fingerprint density at radius 3 is 2.58 bits per heavy atom. The SMILES string of the molecule is Fc1ccc(CCn2c(-c3cccc4ccccc34)csc2=Nc2cccnc2)cc1. The molecule has 0 bridgehead atoms. The number of hydrogen-bond acceptors (Lipinski definition) is 3. The molecule has 0 N–H and O–H groups in total. The number of thiazole rings is 1. The third kappa shape index (κ3) is 4.18. The van der Waals surface area contributed by atoms with Gasteiger partial charge in [0.1, 0.15) is 5.82 Å². The van der Waals surface area contributed by atoms with E-state index in [9.17, 15) is 4.39 Å². The summed E-state index contributed by atoms with van der Waals surface area (Å²) in [5.41, 5.74) is 4.23. The number of nitrogens with zero attached hydrogens (tertiary/aromatic N) is 3. The van der Waals surface area contributed by atoms with Crippen molar-refractivity contribution in [1.82, 2.24) is 9.55 Å². The minimum Gasteiger partial charge on any atom is -0.316 e. The zero-order valence-corrected chi connectivity index (χ0v) is 17.6. The Kier molecular flexibility index (Phi) is 5.42. The smallest absolute Gasteiger partial charge is 0.190 e.